The maximum absolute atomic E-state index is 11.8. The molecule has 0 aliphatic carbocycles. The average molecular weight is 185 g/mol. The van der Waals surface area contributed by atoms with E-state index in [0.717, 1.165) is 0 Å². The Morgan fingerprint density at radius 2 is 2.09 bits per heavy atom. The van der Waals surface area contributed by atoms with Gasteiger partial charge in [0.1, 0.15) is 0 Å². The van der Waals surface area contributed by atoms with E-state index in [4.69, 9.17) is 0 Å². The highest BCUT2D eigenvalue weighted by atomic mass is 32.2. The first kappa shape index (κ1) is 11.0. The molecular weight excluding hydrogens is 172 g/mol. The molecule has 11 heavy (non-hydrogen) atoms. The fraction of sp³-hybridized carbons (Fsp3) is 1.00. The number of nitrogens with one attached hydrogen (secondary N) is 1. The molecule has 2 nitrogen and oxygen atoms in total. The lowest BCUT2D eigenvalue weighted by Gasteiger charge is -2.10. The largest absolute Gasteiger partial charge is 0.308 e. The van der Waals surface area contributed by atoms with Crippen molar-refractivity contribution in [1.29, 1.82) is 0 Å². The Morgan fingerprint density at radius 1 is 1.55 bits per heavy atom. The van der Waals surface area contributed by atoms with Crippen molar-refractivity contribution in [1.82, 2.24) is 5.32 Å². The van der Waals surface area contributed by atoms with Crippen LogP contribution >= 0.6 is 0 Å². The molecule has 0 bridgehead atoms. The normalized spacial score (nSPS) is 16.8. The van der Waals surface area contributed by atoms with Crippen LogP contribution in [0.4, 0.5) is 8.78 Å². The lowest BCUT2D eigenvalue weighted by Crippen LogP contribution is -2.35. The molecule has 5 heteroatoms. The second-order valence-electron chi connectivity index (χ2n) is 2.35. The quantitative estimate of drug-likeness (QED) is 0.680. The molecule has 0 saturated heterocycles. The van der Waals surface area contributed by atoms with Gasteiger partial charge in [-0.1, -0.05) is 0 Å². The average Bonchev–Trinajstić information content (AvgIpc) is 1.86. The number of hydrogen-bond acceptors (Lipinski definition) is 2. The Labute approximate surface area is 67.8 Å². The van der Waals surface area contributed by atoms with Crippen LogP contribution in [0.5, 0.6) is 0 Å². The van der Waals surface area contributed by atoms with Crippen LogP contribution in [0.2, 0.25) is 0 Å². The van der Waals surface area contributed by atoms with E-state index >= 15 is 0 Å². The lowest BCUT2D eigenvalue weighted by atomic mass is 10.3. The van der Waals surface area contributed by atoms with Gasteiger partial charge in [0, 0.05) is 29.4 Å². The molecule has 2 atom stereocenters. The summed E-state index contributed by atoms with van der Waals surface area (Å²) in [7, 11) is -0.903. The van der Waals surface area contributed by atoms with Gasteiger partial charge in [-0.25, -0.2) is 8.78 Å². The van der Waals surface area contributed by atoms with Gasteiger partial charge in [0.05, 0.1) is 6.04 Å². The monoisotopic (exact) mass is 185 g/mol. The second-order valence-corrected chi connectivity index (χ2v) is 3.91. The predicted octanol–water partition coefficient (Wildman–Crippen LogP) is 0.608. The molecule has 0 aliphatic heterocycles. The van der Waals surface area contributed by atoms with Gasteiger partial charge in [0.2, 0.25) is 0 Å². The molecule has 1 N–H and O–H groups in total. The molecule has 0 aromatic rings. The fourth-order valence-electron chi connectivity index (χ4n) is 0.519. The summed E-state index contributed by atoms with van der Waals surface area (Å²) in [6.07, 6.45) is -0.797. The van der Waals surface area contributed by atoms with Crippen LogP contribution in [0.3, 0.4) is 0 Å². The smallest absolute Gasteiger partial charge is 0.253 e. The Kier molecular flexibility index (Phi) is 5.58. The molecule has 0 heterocycles. The Bertz CT molecular complexity index is 132. The lowest BCUT2D eigenvalue weighted by molar-refractivity contribution is 0.107. The van der Waals surface area contributed by atoms with Gasteiger partial charge in [0.15, 0.2) is 0 Å². The minimum atomic E-state index is -2.35. The summed E-state index contributed by atoms with van der Waals surface area (Å²) in [5, 5.41) is 2.57. The highest BCUT2D eigenvalue weighted by Crippen LogP contribution is 1.98. The highest BCUT2D eigenvalue weighted by Gasteiger charge is 2.12. The van der Waals surface area contributed by atoms with Crippen molar-refractivity contribution in [2.75, 3.05) is 18.6 Å². The van der Waals surface area contributed by atoms with Crippen LogP contribution in [-0.2, 0) is 10.8 Å². The Hall–Kier alpha value is -0.0300. The van der Waals surface area contributed by atoms with Gasteiger partial charge in [-0.3, -0.25) is 4.21 Å². The first-order valence-corrected chi connectivity index (χ1v) is 5.08. The third-order valence-electron chi connectivity index (χ3n) is 1.23. The maximum Gasteiger partial charge on any atom is 0.253 e. The molecule has 0 saturated carbocycles. The van der Waals surface area contributed by atoms with Gasteiger partial charge < -0.3 is 5.32 Å². The number of hydrogen-bond donors (Lipinski definition) is 1. The fourth-order valence-corrected chi connectivity index (χ4v) is 0.925. The zero-order valence-corrected chi connectivity index (χ0v) is 7.46. The molecule has 0 spiro atoms. The number of alkyl halides is 2. The summed E-state index contributed by atoms with van der Waals surface area (Å²) in [5.41, 5.74) is 0. The van der Waals surface area contributed by atoms with Crippen molar-refractivity contribution in [2.45, 2.75) is 19.4 Å². The number of halogens is 2. The second kappa shape index (κ2) is 5.60. The predicted molar refractivity (Wildman–Crippen MR) is 42.4 cm³/mol. The van der Waals surface area contributed by atoms with Crippen molar-refractivity contribution < 1.29 is 13.0 Å². The third kappa shape index (κ3) is 6.37. The zero-order valence-electron chi connectivity index (χ0n) is 6.64. The molecule has 0 aromatic carbocycles. The number of rotatable bonds is 5. The molecule has 0 aromatic heterocycles. The van der Waals surface area contributed by atoms with E-state index in [2.05, 4.69) is 5.32 Å². The van der Waals surface area contributed by atoms with E-state index in [1.165, 1.54) is 6.92 Å². The Balaban J connectivity index is 3.31. The van der Waals surface area contributed by atoms with E-state index in [0.29, 0.717) is 12.3 Å². The Morgan fingerprint density at radius 3 is 2.45 bits per heavy atom. The summed E-state index contributed by atoms with van der Waals surface area (Å²) in [5.74, 6) is 0.428. The summed E-state index contributed by atoms with van der Waals surface area (Å²) >= 11 is 0. The van der Waals surface area contributed by atoms with Crippen molar-refractivity contribution in [2.24, 2.45) is 0 Å². The zero-order chi connectivity index (χ0) is 8.85. The highest BCUT2D eigenvalue weighted by molar-refractivity contribution is 7.84. The van der Waals surface area contributed by atoms with Crippen molar-refractivity contribution in [3.8, 4) is 0 Å². The summed E-state index contributed by atoms with van der Waals surface area (Å²) < 4.78 is 34.1. The van der Waals surface area contributed by atoms with E-state index in [1.807, 2.05) is 0 Å². The van der Waals surface area contributed by atoms with Gasteiger partial charge >= 0.3 is 0 Å². The van der Waals surface area contributed by atoms with E-state index in [-0.39, 0.29) is 0 Å². The van der Waals surface area contributed by atoms with Crippen LogP contribution in [0, 0.1) is 0 Å². The third-order valence-corrected chi connectivity index (χ3v) is 2.01. The van der Waals surface area contributed by atoms with Gasteiger partial charge in [-0.2, -0.15) is 0 Å². The standard InChI is InChI=1S/C6H13F2NOS/c1-5(6(7)8)9-3-4-11(2)10/h5-6,9H,3-4H2,1-2H3. The molecule has 0 fully saturated rings. The molecule has 68 valence electrons. The first-order valence-electron chi connectivity index (χ1n) is 3.35. The molecule has 0 amide bonds. The van der Waals surface area contributed by atoms with Gasteiger partial charge in [-0.05, 0) is 6.92 Å². The van der Waals surface area contributed by atoms with Crippen LogP contribution < -0.4 is 5.32 Å². The van der Waals surface area contributed by atoms with Crippen LogP contribution in [0.25, 0.3) is 0 Å². The summed E-state index contributed by atoms with van der Waals surface area (Å²) in [6.45, 7) is 1.79. The molecular formula is C6H13F2NOS. The minimum Gasteiger partial charge on any atom is -0.308 e. The molecule has 0 radical (unpaired) electrons. The maximum atomic E-state index is 11.8. The summed E-state index contributed by atoms with van der Waals surface area (Å²) in [6, 6.07) is -0.807. The van der Waals surface area contributed by atoms with E-state index < -0.39 is 23.3 Å². The topological polar surface area (TPSA) is 29.1 Å². The van der Waals surface area contributed by atoms with Crippen LogP contribution in [-0.4, -0.2) is 35.2 Å². The molecule has 0 aliphatic rings. The van der Waals surface area contributed by atoms with Gasteiger partial charge in [-0.15, -0.1) is 0 Å². The first-order chi connectivity index (χ1) is 5.04. The molecule has 2 unspecified atom stereocenters. The van der Waals surface area contributed by atoms with E-state index in [9.17, 15) is 13.0 Å². The van der Waals surface area contributed by atoms with Crippen molar-refractivity contribution in [3.63, 3.8) is 0 Å². The minimum absolute atomic E-state index is 0.384. The van der Waals surface area contributed by atoms with Crippen molar-refractivity contribution in [3.05, 3.63) is 0 Å². The SMILES string of the molecule is CC(NCCS(C)=O)C(F)F. The van der Waals surface area contributed by atoms with Gasteiger partial charge in [0.25, 0.3) is 6.43 Å². The van der Waals surface area contributed by atoms with Crippen LogP contribution in [0.15, 0.2) is 0 Å². The summed E-state index contributed by atoms with van der Waals surface area (Å²) in [4.78, 5) is 0. The van der Waals surface area contributed by atoms with Crippen molar-refractivity contribution >= 4 is 10.8 Å². The molecule has 0 rings (SSSR count). The van der Waals surface area contributed by atoms with Crippen LogP contribution in [0.1, 0.15) is 6.92 Å². The van der Waals surface area contributed by atoms with E-state index in [1.54, 1.807) is 6.26 Å².